The average molecular weight is 351 g/mol. The highest BCUT2D eigenvalue weighted by Gasteiger charge is 2.40. The van der Waals surface area contributed by atoms with Crippen LogP contribution in [0.1, 0.15) is 34.6 Å². The smallest absolute Gasteiger partial charge is 0.167 e. The van der Waals surface area contributed by atoms with Crippen LogP contribution in [0.25, 0.3) is 5.57 Å². The molecule has 27 heavy (non-hydrogen) atoms. The first kappa shape index (κ1) is 16.1. The number of fused-ring (bicyclic) bond motifs is 2. The maximum Gasteiger partial charge on any atom is 0.167 e. The Bertz CT molecular complexity index is 1020. The standard InChI is InChI=1S/C25H21NO/c27-22-15-16-26(17-18-9-3-1-4-10-18)25-23(19-11-5-2-6-12-19)20-13-7-8-14-21(20)24(22)25/h1-14,23H,15-17H2/t23-/m1/s1. The summed E-state index contributed by atoms with van der Waals surface area (Å²) < 4.78 is 0. The van der Waals surface area contributed by atoms with E-state index in [-0.39, 0.29) is 11.7 Å². The molecular weight excluding hydrogens is 330 g/mol. The maximum atomic E-state index is 12.9. The van der Waals surface area contributed by atoms with Crippen molar-refractivity contribution in [1.29, 1.82) is 0 Å². The van der Waals surface area contributed by atoms with E-state index in [0.29, 0.717) is 6.42 Å². The lowest BCUT2D eigenvalue weighted by molar-refractivity contribution is -0.114. The van der Waals surface area contributed by atoms with Crippen LogP contribution < -0.4 is 0 Å². The predicted molar refractivity (Wildman–Crippen MR) is 108 cm³/mol. The van der Waals surface area contributed by atoms with Crippen molar-refractivity contribution in [2.45, 2.75) is 18.9 Å². The summed E-state index contributed by atoms with van der Waals surface area (Å²) in [6.45, 7) is 1.62. The van der Waals surface area contributed by atoms with Gasteiger partial charge in [0, 0.05) is 30.8 Å². The van der Waals surface area contributed by atoms with Gasteiger partial charge in [0.2, 0.25) is 0 Å². The third kappa shape index (κ3) is 2.69. The highest BCUT2D eigenvalue weighted by atomic mass is 16.1. The van der Waals surface area contributed by atoms with Crippen molar-refractivity contribution in [3.8, 4) is 0 Å². The fraction of sp³-hybridized carbons (Fsp3) is 0.160. The van der Waals surface area contributed by atoms with E-state index in [1.807, 2.05) is 18.2 Å². The van der Waals surface area contributed by atoms with Gasteiger partial charge in [-0.2, -0.15) is 0 Å². The van der Waals surface area contributed by atoms with Crippen LogP contribution >= 0.6 is 0 Å². The van der Waals surface area contributed by atoms with E-state index in [1.54, 1.807) is 0 Å². The number of carbonyl (C=O) groups is 1. The molecule has 0 aromatic heterocycles. The van der Waals surface area contributed by atoms with Gasteiger partial charge in [0.15, 0.2) is 5.78 Å². The first-order chi connectivity index (χ1) is 13.3. The summed E-state index contributed by atoms with van der Waals surface area (Å²) in [7, 11) is 0. The molecule has 0 saturated heterocycles. The Morgan fingerprint density at radius 1 is 0.815 bits per heavy atom. The van der Waals surface area contributed by atoms with Crippen LogP contribution in [0.4, 0.5) is 0 Å². The lowest BCUT2D eigenvalue weighted by atomic mass is 9.90. The minimum atomic E-state index is 0.130. The molecule has 2 heteroatoms. The summed E-state index contributed by atoms with van der Waals surface area (Å²) in [5.74, 6) is 0.408. The minimum Gasteiger partial charge on any atom is -0.369 e. The lowest BCUT2D eigenvalue weighted by Gasteiger charge is -2.34. The molecule has 0 amide bonds. The summed E-state index contributed by atoms with van der Waals surface area (Å²) in [6, 6.07) is 29.5. The zero-order valence-electron chi connectivity index (χ0n) is 15.1. The summed E-state index contributed by atoms with van der Waals surface area (Å²) >= 11 is 0. The molecule has 0 radical (unpaired) electrons. The lowest BCUT2D eigenvalue weighted by Crippen LogP contribution is -2.32. The number of benzene rings is 3. The molecular formula is C25H21NO. The van der Waals surface area contributed by atoms with Crippen LogP contribution in [-0.2, 0) is 11.3 Å². The first-order valence-electron chi connectivity index (χ1n) is 9.53. The molecule has 1 atom stereocenters. The molecule has 0 N–H and O–H groups in total. The van der Waals surface area contributed by atoms with E-state index in [4.69, 9.17) is 0 Å². The number of nitrogens with zero attached hydrogens (tertiary/aromatic N) is 1. The third-order valence-corrected chi connectivity index (χ3v) is 5.65. The van der Waals surface area contributed by atoms with E-state index in [0.717, 1.165) is 24.2 Å². The van der Waals surface area contributed by atoms with Gasteiger partial charge in [-0.05, 0) is 22.3 Å². The molecule has 1 aliphatic heterocycles. The van der Waals surface area contributed by atoms with Crippen LogP contribution in [0.3, 0.4) is 0 Å². The van der Waals surface area contributed by atoms with Gasteiger partial charge in [0.05, 0.1) is 5.92 Å². The molecule has 0 saturated carbocycles. The average Bonchev–Trinajstić information content (AvgIpc) is 3.08. The second kappa shape index (κ2) is 6.55. The van der Waals surface area contributed by atoms with Crippen molar-refractivity contribution in [2.75, 3.05) is 6.54 Å². The highest BCUT2D eigenvalue weighted by Crippen LogP contribution is 2.49. The molecule has 3 aromatic rings. The first-order valence-corrected chi connectivity index (χ1v) is 9.53. The van der Waals surface area contributed by atoms with Gasteiger partial charge < -0.3 is 4.90 Å². The molecule has 1 aliphatic carbocycles. The molecule has 0 fully saturated rings. The van der Waals surface area contributed by atoms with Crippen molar-refractivity contribution in [1.82, 2.24) is 4.90 Å². The van der Waals surface area contributed by atoms with Gasteiger partial charge in [0.1, 0.15) is 0 Å². The van der Waals surface area contributed by atoms with E-state index in [1.165, 1.54) is 22.4 Å². The van der Waals surface area contributed by atoms with E-state index >= 15 is 0 Å². The second-order valence-electron chi connectivity index (χ2n) is 7.27. The number of Topliss-reactive ketones (excluding diaryl/α,β-unsaturated/α-hetero) is 1. The van der Waals surface area contributed by atoms with Gasteiger partial charge in [0.25, 0.3) is 0 Å². The molecule has 0 unspecified atom stereocenters. The molecule has 0 bridgehead atoms. The van der Waals surface area contributed by atoms with Crippen molar-refractivity contribution in [3.05, 3.63) is 113 Å². The minimum absolute atomic E-state index is 0.130. The Morgan fingerprint density at radius 2 is 1.48 bits per heavy atom. The van der Waals surface area contributed by atoms with Gasteiger partial charge in [-0.3, -0.25) is 4.79 Å². The Balaban J connectivity index is 1.67. The Hall–Kier alpha value is -3.13. The van der Waals surface area contributed by atoms with Crippen molar-refractivity contribution < 1.29 is 4.79 Å². The van der Waals surface area contributed by atoms with Gasteiger partial charge in [-0.25, -0.2) is 0 Å². The van der Waals surface area contributed by atoms with E-state index in [2.05, 4.69) is 71.6 Å². The molecule has 132 valence electrons. The van der Waals surface area contributed by atoms with E-state index in [9.17, 15) is 4.79 Å². The Labute approximate surface area is 159 Å². The Morgan fingerprint density at radius 3 is 2.26 bits per heavy atom. The van der Waals surface area contributed by atoms with Crippen LogP contribution in [0, 0.1) is 0 Å². The fourth-order valence-corrected chi connectivity index (χ4v) is 4.47. The second-order valence-corrected chi connectivity index (χ2v) is 7.27. The van der Waals surface area contributed by atoms with Gasteiger partial charge in [-0.15, -0.1) is 0 Å². The topological polar surface area (TPSA) is 20.3 Å². The van der Waals surface area contributed by atoms with Gasteiger partial charge >= 0.3 is 0 Å². The predicted octanol–water partition coefficient (Wildman–Crippen LogP) is 5.02. The SMILES string of the molecule is O=C1CCN(Cc2ccccc2)C2=C1c1ccccc1[C@H]2c1ccccc1. The molecule has 1 heterocycles. The highest BCUT2D eigenvalue weighted by molar-refractivity contribution is 6.24. The van der Waals surface area contributed by atoms with Crippen LogP contribution in [0.2, 0.25) is 0 Å². The maximum absolute atomic E-state index is 12.9. The third-order valence-electron chi connectivity index (χ3n) is 5.65. The fourth-order valence-electron chi connectivity index (χ4n) is 4.47. The summed E-state index contributed by atoms with van der Waals surface area (Å²) in [6.07, 6.45) is 0.585. The summed E-state index contributed by atoms with van der Waals surface area (Å²) in [5, 5.41) is 0. The monoisotopic (exact) mass is 351 g/mol. The largest absolute Gasteiger partial charge is 0.369 e. The number of ketones is 1. The van der Waals surface area contributed by atoms with Crippen LogP contribution in [-0.4, -0.2) is 17.2 Å². The number of rotatable bonds is 3. The summed E-state index contributed by atoms with van der Waals surface area (Å²) in [4.78, 5) is 15.3. The number of hydrogen-bond acceptors (Lipinski definition) is 2. The number of allylic oxidation sites excluding steroid dienone is 2. The van der Waals surface area contributed by atoms with Crippen molar-refractivity contribution >= 4 is 11.4 Å². The normalized spacial score (nSPS) is 18.4. The number of hydrogen-bond donors (Lipinski definition) is 0. The zero-order valence-corrected chi connectivity index (χ0v) is 15.1. The van der Waals surface area contributed by atoms with E-state index < -0.39 is 0 Å². The zero-order chi connectivity index (χ0) is 18.2. The Kier molecular flexibility index (Phi) is 3.90. The molecule has 0 spiro atoms. The molecule has 3 aromatic carbocycles. The number of carbonyl (C=O) groups excluding carboxylic acids is 1. The summed E-state index contributed by atoms with van der Waals surface area (Å²) in [5.41, 5.74) is 7.01. The molecule has 2 aliphatic rings. The van der Waals surface area contributed by atoms with Crippen LogP contribution in [0.5, 0.6) is 0 Å². The molecule has 2 nitrogen and oxygen atoms in total. The molecule has 5 rings (SSSR count). The van der Waals surface area contributed by atoms with Crippen molar-refractivity contribution in [2.24, 2.45) is 0 Å². The van der Waals surface area contributed by atoms with Crippen molar-refractivity contribution in [3.63, 3.8) is 0 Å². The van der Waals surface area contributed by atoms with Crippen LogP contribution in [0.15, 0.2) is 90.6 Å². The quantitative estimate of drug-likeness (QED) is 0.660. The van der Waals surface area contributed by atoms with Gasteiger partial charge in [-0.1, -0.05) is 84.9 Å².